The van der Waals surface area contributed by atoms with Crippen molar-refractivity contribution >= 4 is 6.09 Å². The van der Waals surface area contributed by atoms with E-state index in [0.29, 0.717) is 6.61 Å². The molecule has 0 atom stereocenters. The molecule has 0 radical (unpaired) electrons. The molecule has 0 aliphatic rings. The fourth-order valence-corrected chi connectivity index (χ4v) is 0.142. The molecule has 0 aromatic rings. The van der Waals surface area contributed by atoms with Crippen molar-refractivity contribution in [2.45, 2.75) is 20.3 Å². The summed E-state index contributed by atoms with van der Waals surface area (Å²) >= 11 is 0. The lowest BCUT2D eigenvalue weighted by atomic mass is 10.5. The Labute approximate surface area is 61.5 Å². The number of hydrogen-bond acceptors (Lipinski definition) is 3. The summed E-state index contributed by atoms with van der Waals surface area (Å²) in [5.74, 6) is 0. The van der Waals surface area contributed by atoms with Gasteiger partial charge in [-0.25, -0.2) is 4.79 Å². The first-order valence-electron chi connectivity index (χ1n) is 3.31. The van der Waals surface area contributed by atoms with Crippen LogP contribution in [-0.4, -0.2) is 19.2 Å². The number of carbonyl (C=O) groups excluding carboxylic acids is 1. The molecule has 0 aromatic heterocycles. The summed E-state index contributed by atoms with van der Waals surface area (Å²) < 4.78 is 4.18. The molecule has 4 heteroatoms. The van der Waals surface area contributed by atoms with Crippen molar-refractivity contribution in [1.82, 2.24) is 0 Å². The summed E-state index contributed by atoms with van der Waals surface area (Å²) in [7, 11) is 0. The lowest BCUT2D eigenvalue weighted by Crippen LogP contribution is -2.11. The molecule has 0 saturated carbocycles. The number of ether oxygens (including phenoxy) is 1. The van der Waals surface area contributed by atoms with E-state index in [0.717, 1.165) is 13.0 Å². The number of hydrogen-bond donors (Lipinski definition) is 2. The second-order valence-electron chi connectivity index (χ2n) is 1.54. The average molecular weight is 148 g/mol. The van der Waals surface area contributed by atoms with Gasteiger partial charge in [-0.1, -0.05) is 6.92 Å². The molecule has 10 heavy (non-hydrogen) atoms. The molecule has 0 bridgehead atoms. The molecule has 4 N–H and O–H groups in total. The molecule has 0 unspecified atom stereocenters. The maximum absolute atomic E-state index is 9.60. The summed E-state index contributed by atoms with van der Waals surface area (Å²) in [6.45, 7) is 4.93. The van der Waals surface area contributed by atoms with Crippen LogP contribution in [0.25, 0.3) is 0 Å². The average Bonchev–Trinajstić information content (AvgIpc) is 1.89. The standard InChI is InChI=1S/C3H7NO2.C3H9N/c1-2-6-3(4)5;1-2-3-4/h2H2,1H3,(H2,4,5);2-4H2,1H3. The van der Waals surface area contributed by atoms with Gasteiger partial charge in [-0.3, -0.25) is 0 Å². The zero-order valence-corrected chi connectivity index (χ0v) is 6.59. The molecule has 4 nitrogen and oxygen atoms in total. The molecule has 0 rings (SSSR count). The second kappa shape index (κ2) is 11.1. The van der Waals surface area contributed by atoms with Crippen LogP contribution in [-0.2, 0) is 4.74 Å². The van der Waals surface area contributed by atoms with Crippen LogP contribution >= 0.6 is 0 Å². The van der Waals surface area contributed by atoms with Gasteiger partial charge >= 0.3 is 6.09 Å². The van der Waals surface area contributed by atoms with E-state index in [-0.39, 0.29) is 0 Å². The molecule has 0 aromatic carbocycles. The first-order chi connectivity index (χ1) is 4.68. The predicted octanol–water partition coefficient (Wildman–Crippen LogP) is 0.457. The van der Waals surface area contributed by atoms with Gasteiger partial charge in [0.1, 0.15) is 0 Å². The van der Waals surface area contributed by atoms with Crippen LogP contribution in [0.15, 0.2) is 0 Å². The van der Waals surface area contributed by atoms with Crippen molar-refractivity contribution in [3.8, 4) is 0 Å². The normalized spacial score (nSPS) is 7.50. The molecular weight excluding hydrogens is 132 g/mol. The van der Waals surface area contributed by atoms with Gasteiger partial charge in [0.15, 0.2) is 0 Å². The minimum atomic E-state index is -0.711. The first kappa shape index (κ1) is 12.0. The summed E-state index contributed by atoms with van der Waals surface area (Å²) in [6.07, 6.45) is 0.387. The third-order valence-corrected chi connectivity index (χ3v) is 0.575. The molecule has 0 aliphatic carbocycles. The third-order valence-electron chi connectivity index (χ3n) is 0.575. The Hall–Kier alpha value is -0.770. The highest BCUT2D eigenvalue weighted by atomic mass is 16.5. The monoisotopic (exact) mass is 148 g/mol. The van der Waals surface area contributed by atoms with Crippen LogP contribution in [0.1, 0.15) is 20.3 Å². The quantitative estimate of drug-likeness (QED) is 0.597. The fraction of sp³-hybridized carbons (Fsp3) is 0.833. The molecule has 0 heterocycles. The van der Waals surface area contributed by atoms with Crippen LogP contribution in [0.3, 0.4) is 0 Å². The molecule has 1 amide bonds. The Morgan fingerprint density at radius 1 is 1.50 bits per heavy atom. The van der Waals surface area contributed by atoms with Crippen LogP contribution in [0.5, 0.6) is 0 Å². The number of amides is 1. The van der Waals surface area contributed by atoms with Crippen molar-refractivity contribution in [2.24, 2.45) is 11.5 Å². The highest BCUT2D eigenvalue weighted by Gasteiger charge is 1.82. The lowest BCUT2D eigenvalue weighted by Gasteiger charge is -1.89. The molecule has 0 fully saturated rings. The lowest BCUT2D eigenvalue weighted by molar-refractivity contribution is 0.163. The van der Waals surface area contributed by atoms with Crippen molar-refractivity contribution in [3.05, 3.63) is 0 Å². The van der Waals surface area contributed by atoms with Crippen LogP contribution in [0, 0.1) is 0 Å². The number of carbonyl (C=O) groups is 1. The van der Waals surface area contributed by atoms with Crippen molar-refractivity contribution in [1.29, 1.82) is 0 Å². The van der Waals surface area contributed by atoms with Crippen molar-refractivity contribution in [3.63, 3.8) is 0 Å². The third kappa shape index (κ3) is 26.9. The van der Waals surface area contributed by atoms with Crippen LogP contribution < -0.4 is 11.5 Å². The highest BCUT2D eigenvalue weighted by molar-refractivity contribution is 5.64. The van der Waals surface area contributed by atoms with Gasteiger partial charge in [0.2, 0.25) is 0 Å². The molecule has 0 saturated heterocycles. The zero-order valence-electron chi connectivity index (χ0n) is 6.59. The summed E-state index contributed by atoms with van der Waals surface area (Å²) in [5.41, 5.74) is 9.57. The number of rotatable bonds is 2. The van der Waals surface area contributed by atoms with Gasteiger partial charge in [0.25, 0.3) is 0 Å². The largest absolute Gasteiger partial charge is 0.450 e. The van der Waals surface area contributed by atoms with Crippen LogP contribution in [0.2, 0.25) is 0 Å². The number of primary amides is 1. The van der Waals surface area contributed by atoms with Gasteiger partial charge in [-0.2, -0.15) is 0 Å². The Bertz CT molecular complexity index is 74.1. The second-order valence-corrected chi connectivity index (χ2v) is 1.54. The first-order valence-corrected chi connectivity index (χ1v) is 3.31. The maximum Gasteiger partial charge on any atom is 0.404 e. The van der Waals surface area contributed by atoms with Gasteiger partial charge in [-0.05, 0) is 19.9 Å². The molecule has 0 aliphatic heterocycles. The van der Waals surface area contributed by atoms with Gasteiger partial charge in [0, 0.05) is 0 Å². The minimum Gasteiger partial charge on any atom is -0.450 e. The van der Waals surface area contributed by atoms with Gasteiger partial charge < -0.3 is 16.2 Å². The fourth-order valence-electron chi connectivity index (χ4n) is 0.142. The van der Waals surface area contributed by atoms with Gasteiger partial charge in [-0.15, -0.1) is 0 Å². The van der Waals surface area contributed by atoms with Crippen LogP contribution in [0.4, 0.5) is 4.79 Å². The highest BCUT2D eigenvalue weighted by Crippen LogP contribution is 1.66. The number of nitrogens with two attached hydrogens (primary N) is 2. The van der Waals surface area contributed by atoms with E-state index in [2.05, 4.69) is 17.4 Å². The Kier molecular flexibility index (Phi) is 13.3. The van der Waals surface area contributed by atoms with E-state index in [9.17, 15) is 4.79 Å². The van der Waals surface area contributed by atoms with E-state index in [4.69, 9.17) is 5.73 Å². The Morgan fingerprint density at radius 3 is 1.90 bits per heavy atom. The van der Waals surface area contributed by atoms with E-state index in [1.165, 1.54) is 0 Å². The molecule has 0 spiro atoms. The topological polar surface area (TPSA) is 78.3 Å². The van der Waals surface area contributed by atoms with Crippen molar-refractivity contribution < 1.29 is 9.53 Å². The maximum atomic E-state index is 9.60. The summed E-state index contributed by atoms with van der Waals surface area (Å²) in [6, 6.07) is 0. The summed E-state index contributed by atoms with van der Waals surface area (Å²) in [4.78, 5) is 9.60. The Morgan fingerprint density at radius 2 is 1.90 bits per heavy atom. The molecule has 62 valence electrons. The van der Waals surface area contributed by atoms with E-state index in [1.807, 2.05) is 0 Å². The predicted molar refractivity (Wildman–Crippen MR) is 40.6 cm³/mol. The summed E-state index contributed by atoms with van der Waals surface area (Å²) in [5, 5.41) is 0. The van der Waals surface area contributed by atoms with E-state index >= 15 is 0 Å². The zero-order chi connectivity index (χ0) is 8.41. The van der Waals surface area contributed by atoms with E-state index < -0.39 is 6.09 Å². The molecular formula is C6H16N2O2. The smallest absolute Gasteiger partial charge is 0.404 e. The SMILES string of the molecule is CCCN.CCOC(N)=O. The van der Waals surface area contributed by atoms with E-state index in [1.54, 1.807) is 6.92 Å². The van der Waals surface area contributed by atoms with Gasteiger partial charge in [0.05, 0.1) is 6.61 Å². The van der Waals surface area contributed by atoms with Crippen molar-refractivity contribution in [2.75, 3.05) is 13.2 Å². The minimum absolute atomic E-state index is 0.356. The Balaban J connectivity index is 0.